The molecular formula is C14H17BrN2O. The van der Waals surface area contributed by atoms with Crippen LogP contribution in [0, 0.1) is 11.8 Å². The van der Waals surface area contributed by atoms with E-state index in [1.807, 2.05) is 13.1 Å². The Morgan fingerprint density at radius 2 is 2.22 bits per heavy atom. The van der Waals surface area contributed by atoms with E-state index in [0.29, 0.717) is 11.4 Å². The number of rotatable bonds is 2. The molecule has 1 N–H and O–H groups in total. The van der Waals surface area contributed by atoms with Crippen LogP contribution >= 0.6 is 15.9 Å². The molecule has 1 aliphatic carbocycles. The molecule has 3 rings (SSSR count). The molecule has 18 heavy (non-hydrogen) atoms. The molecule has 0 radical (unpaired) electrons. The number of benzene rings is 1. The molecule has 0 aromatic heterocycles. The largest absolute Gasteiger partial charge is 0.323 e. The minimum Gasteiger partial charge on any atom is -0.323 e. The summed E-state index contributed by atoms with van der Waals surface area (Å²) in [5, 5.41) is 2.90. The first-order valence-corrected chi connectivity index (χ1v) is 7.27. The average Bonchev–Trinajstić information content (AvgIpc) is 3.06. The SMILES string of the molecule is CC1CC1C(Br)c1ccc2c(c1)CN(C)C(=O)N2. The Kier molecular flexibility index (Phi) is 2.85. The van der Waals surface area contributed by atoms with Crippen LogP contribution in [0.3, 0.4) is 0 Å². The topological polar surface area (TPSA) is 32.3 Å². The van der Waals surface area contributed by atoms with Gasteiger partial charge in [0.2, 0.25) is 0 Å². The van der Waals surface area contributed by atoms with Crippen molar-refractivity contribution in [1.29, 1.82) is 0 Å². The first-order chi connectivity index (χ1) is 8.56. The summed E-state index contributed by atoms with van der Waals surface area (Å²) in [6.45, 7) is 2.99. The minimum atomic E-state index is -0.0264. The van der Waals surface area contributed by atoms with Gasteiger partial charge in [0.25, 0.3) is 0 Å². The van der Waals surface area contributed by atoms with E-state index < -0.39 is 0 Å². The van der Waals surface area contributed by atoms with Crippen LogP contribution in [0.1, 0.15) is 29.3 Å². The van der Waals surface area contributed by atoms with Crippen molar-refractivity contribution in [2.75, 3.05) is 12.4 Å². The van der Waals surface area contributed by atoms with E-state index in [0.717, 1.165) is 17.5 Å². The fourth-order valence-corrected chi connectivity index (χ4v) is 3.60. The number of amides is 2. The van der Waals surface area contributed by atoms with E-state index in [9.17, 15) is 4.79 Å². The monoisotopic (exact) mass is 308 g/mol. The summed E-state index contributed by atoms with van der Waals surface area (Å²) in [5.41, 5.74) is 3.48. The second-order valence-electron chi connectivity index (χ2n) is 5.48. The van der Waals surface area contributed by atoms with Crippen molar-refractivity contribution < 1.29 is 4.79 Å². The van der Waals surface area contributed by atoms with Crippen LogP contribution in [0.5, 0.6) is 0 Å². The predicted octanol–water partition coefficient (Wildman–Crippen LogP) is 3.76. The first kappa shape index (κ1) is 12.0. The average molecular weight is 309 g/mol. The Labute approximate surface area is 116 Å². The summed E-state index contributed by atoms with van der Waals surface area (Å²) < 4.78 is 0. The normalized spacial score (nSPS) is 27.5. The van der Waals surface area contributed by atoms with Crippen molar-refractivity contribution in [2.45, 2.75) is 24.7 Å². The number of halogens is 1. The lowest BCUT2D eigenvalue weighted by Crippen LogP contribution is -2.35. The Hall–Kier alpha value is -1.03. The third-order valence-corrected chi connectivity index (χ3v) is 5.20. The number of hydrogen-bond donors (Lipinski definition) is 1. The molecule has 0 saturated heterocycles. The summed E-state index contributed by atoms with van der Waals surface area (Å²) in [6.07, 6.45) is 1.31. The number of carbonyl (C=O) groups excluding carboxylic acids is 1. The Bertz CT molecular complexity index is 503. The van der Waals surface area contributed by atoms with Gasteiger partial charge in [-0.05, 0) is 35.4 Å². The van der Waals surface area contributed by atoms with E-state index in [1.54, 1.807) is 4.90 Å². The molecule has 1 aromatic rings. The number of fused-ring (bicyclic) bond motifs is 1. The van der Waals surface area contributed by atoms with Crippen LogP contribution in [0.4, 0.5) is 10.5 Å². The number of hydrogen-bond acceptors (Lipinski definition) is 1. The van der Waals surface area contributed by atoms with Crippen molar-refractivity contribution in [3.05, 3.63) is 29.3 Å². The summed E-state index contributed by atoms with van der Waals surface area (Å²) >= 11 is 3.81. The molecule has 1 saturated carbocycles. The number of alkyl halides is 1. The molecule has 3 atom stereocenters. The van der Waals surface area contributed by atoms with Crippen LogP contribution < -0.4 is 5.32 Å². The maximum Gasteiger partial charge on any atom is 0.321 e. The predicted molar refractivity (Wildman–Crippen MR) is 75.9 cm³/mol. The lowest BCUT2D eigenvalue weighted by molar-refractivity contribution is 0.218. The van der Waals surface area contributed by atoms with Gasteiger partial charge in [-0.3, -0.25) is 0 Å². The summed E-state index contributed by atoms with van der Waals surface area (Å²) in [5.74, 6) is 1.59. The molecule has 0 bridgehead atoms. The molecule has 4 heteroatoms. The van der Waals surface area contributed by atoms with Crippen LogP contribution in [0.2, 0.25) is 0 Å². The smallest absolute Gasteiger partial charge is 0.321 e. The highest BCUT2D eigenvalue weighted by atomic mass is 79.9. The number of nitrogens with zero attached hydrogens (tertiary/aromatic N) is 1. The minimum absolute atomic E-state index is 0.0264. The van der Waals surface area contributed by atoms with Crippen LogP contribution in [-0.2, 0) is 6.54 Å². The summed E-state index contributed by atoms with van der Waals surface area (Å²) in [6, 6.07) is 6.34. The molecule has 3 unspecified atom stereocenters. The van der Waals surface area contributed by atoms with Gasteiger partial charge >= 0.3 is 6.03 Å². The van der Waals surface area contributed by atoms with Gasteiger partial charge in [-0.1, -0.05) is 35.0 Å². The zero-order chi connectivity index (χ0) is 12.9. The lowest BCUT2D eigenvalue weighted by atomic mass is 10.0. The van der Waals surface area contributed by atoms with E-state index in [4.69, 9.17) is 0 Å². The third-order valence-electron chi connectivity index (χ3n) is 3.99. The standard InChI is InChI=1S/C14H17BrN2O/c1-8-5-11(8)13(15)9-3-4-12-10(6-9)7-17(2)14(18)16-12/h3-4,6,8,11,13H,5,7H2,1-2H3,(H,16,18). The van der Waals surface area contributed by atoms with Gasteiger partial charge in [-0.25, -0.2) is 4.79 Å². The Morgan fingerprint density at radius 3 is 2.89 bits per heavy atom. The molecule has 1 fully saturated rings. The lowest BCUT2D eigenvalue weighted by Gasteiger charge is -2.26. The van der Waals surface area contributed by atoms with E-state index >= 15 is 0 Å². The Morgan fingerprint density at radius 1 is 1.50 bits per heavy atom. The van der Waals surface area contributed by atoms with Gasteiger partial charge in [0.1, 0.15) is 0 Å². The molecule has 1 heterocycles. The maximum absolute atomic E-state index is 11.5. The summed E-state index contributed by atoms with van der Waals surface area (Å²) in [7, 11) is 1.82. The van der Waals surface area contributed by atoms with Gasteiger partial charge in [0, 0.05) is 24.1 Å². The second kappa shape index (κ2) is 4.26. The van der Waals surface area contributed by atoms with Crippen molar-refractivity contribution in [3.8, 4) is 0 Å². The van der Waals surface area contributed by atoms with Crippen molar-refractivity contribution >= 4 is 27.6 Å². The van der Waals surface area contributed by atoms with Crippen LogP contribution in [0.15, 0.2) is 18.2 Å². The third kappa shape index (κ3) is 2.03. The molecule has 2 aliphatic rings. The fraction of sp³-hybridized carbons (Fsp3) is 0.500. The van der Waals surface area contributed by atoms with Crippen molar-refractivity contribution in [2.24, 2.45) is 11.8 Å². The van der Waals surface area contributed by atoms with Crippen LogP contribution in [-0.4, -0.2) is 18.0 Å². The quantitative estimate of drug-likeness (QED) is 0.829. The van der Waals surface area contributed by atoms with Gasteiger partial charge in [0.15, 0.2) is 0 Å². The molecule has 0 spiro atoms. The van der Waals surface area contributed by atoms with Gasteiger partial charge in [0.05, 0.1) is 0 Å². The molecule has 3 nitrogen and oxygen atoms in total. The molecule has 2 amide bonds. The summed E-state index contributed by atoms with van der Waals surface area (Å²) in [4.78, 5) is 13.7. The number of urea groups is 1. The molecule has 1 aromatic carbocycles. The molecule has 1 aliphatic heterocycles. The molecular weight excluding hydrogens is 292 g/mol. The van der Waals surface area contributed by atoms with Gasteiger partial charge in [-0.2, -0.15) is 0 Å². The van der Waals surface area contributed by atoms with Crippen LogP contribution in [0.25, 0.3) is 0 Å². The number of nitrogens with one attached hydrogen (secondary N) is 1. The van der Waals surface area contributed by atoms with Gasteiger partial charge in [-0.15, -0.1) is 0 Å². The highest BCUT2D eigenvalue weighted by Crippen LogP contribution is 2.51. The van der Waals surface area contributed by atoms with E-state index in [-0.39, 0.29) is 6.03 Å². The highest BCUT2D eigenvalue weighted by Gasteiger charge is 2.39. The number of anilines is 1. The highest BCUT2D eigenvalue weighted by molar-refractivity contribution is 9.09. The first-order valence-electron chi connectivity index (χ1n) is 6.35. The number of carbonyl (C=O) groups is 1. The zero-order valence-corrected chi connectivity index (χ0v) is 12.2. The maximum atomic E-state index is 11.5. The van der Waals surface area contributed by atoms with E-state index in [1.165, 1.54) is 17.5 Å². The zero-order valence-electron chi connectivity index (χ0n) is 10.6. The molecule has 96 valence electrons. The second-order valence-corrected chi connectivity index (χ2v) is 6.47. The fourth-order valence-electron chi connectivity index (χ4n) is 2.58. The Balaban J connectivity index is 1.87. The van der Waals surface area contributed by atoms with E-state index in [2.05, 4.69) is 40.3 Å². The van der Waals surface area contributed by atoms with Crippen molar-refractivity contribution in [3.63, 3.8) is 0 Å². The van der Waals surface area contributed by atoms with Crippen molar-refractivity contribution in [1.82, 2.24) is 4.90 Å². The van der Waals surface area contributed by atoms with Gasteiger partial charge < -0.3 is 10.2 Å².